The minimum absolute atomic E-state index is 0.163. The Morgan fingerprint density at radius 3 is 2.22 bits per heavy atom. The second-order valence-corrected chi connectivity index (χ2v) is 6.92. The van der Waals surface area contributed by atoms with Gasteiger partial charge in [0.25, 0.3) is 0 Å². The van der Waals surface area contributed by atoms with E-state index >= 15 is 0 Å². The molecule has 0 radical (unpaired) electrons. The molecule has 1 aliphatic rings. The second kappa shape index (κ2) is 6.66. The lowest BCUT2D eigenvalue weighted by Crippen LogP contribution is -2.34. The first-order valence-electron chi connectivity index (χ1n) is 7.16. The van der Waals surface area contributed by atoms with Gasteiger partial charge in [0.1, 0.15) is 17.3 Å². The molecule has 1 aliphatic heterocycles. The van der Waals surface area contributed by atoms with E-state index < -0.39 is 10.0 Å². The molecule has 7 heteroatoms. The molecule has 3 rings (SSSR count). The van der Waals surface area contributed by atoms with Crippen molar-refractivity contribution in [3.8, 4) is 11.5 Å². The molecule has 0 saturated carbocycles. The molecule has 2 aromatic carbocycles. The van der Waals surface area contributed by atoms with Crippen LogP contribution in [0.2, 0.25) is 0 Å². The summed E-state index contributed by atoms with van der Waals surface area (Å²) in [5.74, 6) is 0.601. The molecule has 1 heterocycles. The standard InChI is InChI=1S/C16H16FNO4S/c17-12-1-3-14(4-2-12)22-15-5-7-16(8-6-15)23(19,20)18-13-9-10-21-11-13/h1-8,13,18H,9-11H2. The summed E-state index contributed by atoms with van der Waals surface area (Å²) in [7, 11) is -3.57. The van der Waals surface area contributed by atoms with E-state index in [4.69, 9.17) is 9.47 Å². The third kappa shape index (κ3) is 4.07. The van der Waals surface area contributed by atoms with Crippen LogP contribution in [0.4, 0.5) is 4.39 Å². The monoisotopic (exact) mass is 337 g/mol. The fourth-order valence-corrected chi connectivity index (χ4v) is 3.50. The Labute approximate surface area is 134 Å². The Morgan fingerprint density at radius 1 is 1.04 bits per heavy atom. The van der Waals surface area contributed by atoms with Crippen molar-refractivity contribution in [1.29, 1.82) is 0 Å². The van der Waals surface area contributed by atoms with Gasteiger partial charge in [0, 0.05) is 12.6 Å². The summed E-state index contributed by atoms with van der Waals surface area (Å²) in [5, 5.41) is 0. The third-order valence-corrected chi connectivity index (χ3v) is 4.97. The molecular formula is C16H16FNO4S. The van der Waals surface area contributed by atoms with Gasteiger partial charge in [-0.15, -0.1) is 0 Å². The molecule has 1 atom stereocenters. The molecule has 0 aliphatic carbocycles. The quantitative estimate of drug-likeness (QED) is 0.911. The minimum atomic E-state index is -3.57. The number of ether oxygens (including phenoxy) is 2. The zero-order chi connectivity index (χ0) is 16.3. The largest absolute Gasteiger partial charge is 0.457 e. The fraction of sp³-hybridized carbons (Fsp3) is 0.250. The fourth-order valence-electron chi connectivity index (χ4n) is 2.24. The summed E-state index contributed by atoms with van der Waals surface area (Å²) < 4.78 is 50.6. The Morgan fingerprint density at radius 2 is 1.65 bits per heavy atom. The zero-order valence-corrected chi connectivity index (χ0v) is 13.1. The van der Waals surface area contributed by atoms with E-state index in [1.54, 1.807) is 12.1 Å². The Bertz CT molecular complexity index is 754. The van der Waals surface area contributed by atoms with Crippen LogP contribution in [0, 0.1) is 5.82 Å². The third-order valence-electron chi connectivity index (χ3n) is 3.43. The lowest BCUT2D eigenvalue weighted by Gasteiger charge is -2.12. The number of halogens is 1. The SMILES string of the molecule is O=S(=O)(NC1CCOC1)c1ccc(Oc2ccc(F)cc2)cc1. The van der Waals surface area contributed by atoms with Crippen LogP contribution in [-0.2, 0) is 14.8 Å². The molecule has 1 N–H and O–H groups in total. The normalized spacial score (nSPS) is 18.0. The molecule has 0 spiro atoms. The van der Waals surface area contributed by atoms with Crippen LogP contribution in [0.25, 0.3) is 0 Å². The molecule has 0 aromatic heterocycles. The predicted molar refractivity (Wildman–Crippen MR) is 82.5 cm³/mol. The van der Waals surface area contributed by atoms with Crippen LogP contribution in [0.15, 0.2) is 53.4 Å². The maximum absolute atomic E-state index is 12.8. The number of nitrogens with one attached hydrogen (secondary N) is 1. The maximum Gasteiger partial charge on any atom is 0.240 e. The molecule has 1 saturated heterocycles. The van der Waals surface area contributed by atoms with Crippen molar-refractivity contribution >= 4 is 10.0 Å². The highest BCUT2D eigenvalue weighted by Gasteiger charge is 2.23. The summed E-state index contributed by atoms with van der Waals surface area (Å²) in [6, 6.07) is 11.5. The number of hydrogen-bond donors (Lipinski definition) is 1. The van der Waals surface area contributed by atoms with E-state index in [9.17, 15) is 12.8 Å². The van der Waals surface area contributed by atoms with Gasteiger partial charge in [-0.25, -0.2) is 17.5 Å². The molecule has 1 fully saturated rings. The summed E-state index contributed by atoms with van der Waals surface area (Å²) in [5.41, 5.74) is 0. The Balaban J connectivity index is 1.69. The van der Waals surface area contributed by atoms with Gasteiger partial charge in [0.2, 0.25) is 10.0 Å². The van der Waals surface area contributed by atoms with Crippen molar-refractivity contribution in [3.63, 3.8) is 0 Å². The molecule has 5 nitrogen and oxygen atoms in total. The van der Waals surface area contributed by atoms with Crippen molar-refractivity contribution < 1.29 is 22.3 Å². The van der Waals surface area contributed by atoms with Crippen LogP contribution in [-0.4, -0.2) is 27.7 Å². The highest BCUT2D eigenvalue weighted by Crippen LogP contribution is 2.23. The first-order chi connectivity index (χ1) is 11.0. The molecule has 0 amide bonds. The maximum atomic E-state index is 12.8. The highest BCUT2D eigenvalue weighted by atomic mass is 32.2. The topological polar surface area (TPSA) is 64.6 Å². The van der Waals surface area contributed by atoms with Crippen LogP contribution in [0.3, 0.4) is 0 Å². The number of rotatable bonds is 5. The highest BCUT2D eigenvalue weighted by molar-refractivity contribution is 7.89. The van der Waals surface area contributed by atoms with Crippen LogP contribution in [0.1, 0.15) is 6.42 Å². The number of hydrogen-bond acceptors (Lipinski definition) is 4. The van der Waals surface area contributed by atoms with Gasteiger partial charge in [-0.3, -0.25) is 0 Å². The van der Waals surface area contributed by atoms with Gasteiger partial charge in [-0.05, 0) is 55.0 Å². The van der Waals surface area contributed by atoms with Crippen LogP contribution in [0.5, 0.6) is 11.5 Å². The minimum Gasteiger partial charge on any atom is -0.457 e. The van der Waals surface area contributed by atoms with E-state index in [0.717, 1.165) is 0 Å². The molecule has 122 valence electrons. The molecule has 23 heavy (non-hydrogen) atoms. The van der Waals surface area contributed by atoms with Gasteiger partial charge >= 0.3 is 0 Å². The van der Waals surface area contributed by atoms with E-state index in [2.05, 4.69) is 4.72 Å². The number of benzene rings is 2. The van der Waals surface area contributed by atoms with Gasteiger partial charge in [-0.1, -0.05) is 0 Å². The summed E-state index contributed by atoms with van der Waals surface area (Å²) in [4.78, 5) is 0.163. The molecule has 2 aromatic rings. The summed E-state index contributed by atoms with van der Waals surface area (Å²) in [6.45, 7) is 0.961. The second-order valence-electron chi connectivity index (χ2n) is 5.21. The first-order valence-corrected chi connectivity index (χ1v) is 8.65. The molecule has 0 bridgehead atoms. The zero-order valence-electron chi connectivity index (χ0n) is 12.2. The average Bonchev–Trinajstić information content (AvgIpc) is 3.02. The Kier molecular flexibility index (Phi) is 4.61. The van der Waals surface area contributed by atoms with E-state index in [-0.39, 0.29) is 16.8 Å². The molecular weight excluding hydrogens is 321 g/mol. The van der Waals surface area contributed by atoms with Gasteiger partial charge in [0.05, 0.1) is 11.5 Å². The van der Waals surface area contributed by atoms with Crippen LogP contribution >= 0.6 is 0 Å². The van der Waals surface area contributed by atoms with Crippen LogP contribution < -0.4 is 9.46 Å². The Hall–Kier alpha value is -1.96. The summed E-state index contributed by atoms with van der Waals surface area (Å²) in [6.07, 6.45) is 0.672. The van der Waals surface area contributed by atoms with E-state index in [1.807, 2.05) is 0 Å². The van der Waals surface area contributed by atoms with Gasteiger partial charge in [0.15, 0.2) is 0 Å². The molecule has 1 unspecified atom stereocenters. The lowest BCUT2D eigenvalue weighted by molar-refractivity contribution is 0.192. The van der Waals surface area contributed by atoms with Gasteiger partial charge < -0.3 is 9.47 Å². The lowest BCUT2D eigenvalue weighted by atomic mass is 10.3. The van der Waals surface area contributed by atoms with Crippen molar-refractivity contribution in [2.24, 2.45) is 0 Å². The number of sulfonamides is 1. The van der Waals surface area contributed by atoms with Crippen molar-refractivity contribution in [2.75, 3.05) is 13.2 Å². The summed E-state index contributed by atoms with van der Waals surface area (Å²) >= 11 is 0. The average molecular weight is 337 g/mol. The van der Waals surface area contributed by atoms with E-state index in [1.165, 1.54) is 36.4 Å². The smallest absolute Gasteiger partial charge is 0.240 e. The van der Waals surface area contributed by atoms with Crippen molar-refractivity contribution in [1.82, 2.24) is 4.72 Å². The van der Waals surface area contributed by atoms with E-state index in [0.29, 0.717) is 31.1 Å². The van der Waals surface area contributed by atoms with Gasteiger partial charge in [-0.2, -0.15) is 0 Å². The van der Waals surface area contributed by atoms with Crippen molar-refractivity contribution in [2.45, 2.75) is 17.4 Å². The predicted octanol–water partition coefficient (Wildman–Crippen LogP) is 2.69. The van der Waals surface area contributed by atoms with Crippen molar-refractivity contribution in [3.05, 3.63) is 54.3 Å². The first kappa shape index (κ1) is 15.9.